The summed E-state index contributed by atoms with van der Waals surface area (Å²) in [5, 5.41) is 4.83. The van der Waals surface area contributed by atoms with Gasteiger partial charge in [-0.1, -0.05) is 18.4 Å². The number of nitrogens with one attached hydrogen (secondary N) is 2. The topological polar surface area (TPSA) is 84.5 Å². The molecule has 19 heavy (non-hydrogen) atoms. The first-order chi connectivity index (χ1) is 8.97. The molecule has 0 atom stereocenters. The number of carbonyl (C=O) groups is 3. The van der Waals surface area contributed by atoms with E-state index in [0.29, 0.717) is 0 Å². The minimum Gasteiger partial charge on any atom is -0.452 e. The molecule has 3 amide bonds. The van der Waals surface area contributed by atoms with Crippen molar-refractivity contribution < 1.29 is 19.1 Å². The van der Waals surface area contributed by atoms with Crippen molar-refractivity contribution in [2.24, 2.45) is 0 Å². The highest BCUT2D eigenvalue weighted by Crippen LogP contribution is 2.17. The lowest BCUT2D eigenvalue weighted by molar-refractivity contribution is -0.143. The van der Waals surface area contributed by atoms with Crippen LogP contribution in [0, 0.1) is 0 Å². The van der Waals surface area contributed by atoms with E-state index in [1.165, 1.54) is 6.08 Å². The highest BCUT2D eigenvalue weighted by Gasteiger charge is 2.18. The fourth-order valence-electron chi connectivity index (χ4n) is 1.87. The molecule has 0 aliphatic heterocycles. The lowest BCUT2D eigenvalue weighted by atomic mass is 10.2. The Labute approximate surface area is 112 Å². The van der Waals surface area contributed by atoms with Gasteiger partial charge in [0.05, 0.1) is 0 Å². The van der Waals surface area contributed by atoms with Gasteiger partial charge in [-0.05, 0) is 26.7 Å². The Morgan fingerprint density at radius 1 is 1.21 bits per heavy atom. The van der Waals surface area contributed by atoms with Crippen molar-refractivity contribution in [1.29, 1.82) is 0 Å². The second kappa shape index (κ2) is 7.56. The second-order valence-electron chi connectivity index (χ2n) is 4.83. The Morgan fingerprint density at radius 2 is 1.84 bits per heavy atom. The van der Waals surface area contributed by atoms with E-state index >= 15 is 0 Å². The Morgan fingerprint density at radius 3 is 2.42 bits per heavy atom. The predicted molar refractivity (Wildman–Crippen MR) is 69.3 cm³/mol. The molecule has 0 spiro atoms. The molecule has 0 bridgehead atoms. The second-order valence-corrected chi connectivity index (χ2v) is 4.83. The Bertz CT molecular complexity index is 380. The molecule has 0 aromatic carbocycles. The number of hydrogen-bond donors (Lipinski definition) is 2. The van der Waals surface area contributed by atoms with Crippen LogP contribution >= 0.6 is 0 Å². The number of urea groups is 1. The van der Waals surface area contributed by atoms with E-state index in [4.69, 9.17) is 0 Å². The van der Waals surface area contributed by atoms with Crippen molar-refractivity contribution in [3.8, 4) is 0 Å². The molecule has 1 aliphatic carbocycles. The number of amides is 3. The molecule has 1 rings (SSSR count). The van der Waals surface area contributed by atoms with Gasteiger partial charge in [-0.15, -0.1) is 0 Å². The van der Waals surface area contributed by atoms with Crippen molar-refractivity contribution in [3.05, 3.63) is 11.6 Å². The van der Waals surface area contributed by atoms with Crippen LogP contribution in [0.15, 0.2) is 11.6 Å². The third-order valence-corrected chi connectivity index (χ3v) is 2.70. The van der Waals surface area contributed by atoms with E-state index in [-0.39, 0.29) is 6.04 Å². The zero-order valence-corrected chi connectivity index (χ0v) is 11.3. The van der Waals surface area contributed by atoms with Gasteiger partial charge in [0.2, 0.25) is 0 Å². The van der Waals surface area contributed by atoms with Crippen LogP contribution in [-0.4, -0.2) is 30.6 Å². The van der Waals surface area contributed by atoms with Crippen LogP contribution in [0.1, 0.15) is 39.5 Å². The minimum absolute atomic E-state index is 0.140. The van der Waals surface area contributed by atoms with Crippen molar-refractivity contribution >= 4 is 17.9 Å². The fourth-order valence-corrected chi connectivity index (χ4v) is 1.87. The molecule has 6 heteroatoms. The van der Waals surface area contributed by atoms with Crippen LogP contribution in [0.25, 0.3) is 0 Å². The molecule has 1 fully saturated rings. The monoisotopic (exact) mass is 268 g/mol. The van der Waals surface area contributed by atoms with Gasteiger partial charge in [-0.2, -0.15) is 0 Å². The molecule has 106 valence electrons. The summed E-state index contributed by atoms with van der Waals surface area (Å²) in [6.45, 7) is 3.04. The standard InChI is InChI=1S/C13H20N2O4/c1-9(2)7-12(17)19-8-11(16)15-13(18)14-10-5-3-4-6-10/h7,10H,3-6,8H2,1-2H3,(H2,14,15,16,18). The van der Waals surface area contributed by atoms with Crippen LogP contribution in [0.3, 0.4) is 0 Å². The molecule has 2 N–H and O–H groups in total. The number of rotatable bonds is 4. The lowest BCUT2D eigenvalue weighted by Crippen LogP contribution is -2.44. The largest absolute Gasteiger partial charge is 0.452 e. The minimum atomic E-state index is -0.633. The average molecular weight is 268 g/mol. The van der Waals surface area contributed by atoms with Gasteiger partial charge in [0.15, 0.2) is 6.61 Å². The number of carbonyl (C=O) groups excluding carboxylic acids is 3. The zero-order chi connectivity index (χ0) is 14.3. The Kier molecular flexibility index (Phi) is 6.05. The molecular weight excluding hydrogens is 248 g/mol. The van der Waals surface area contributed by atoms with E-state index in [1.54, 1.807) is 13.8 Å². The average Bonchev–Trinajstić information content (AvgIpc) is 2.78. The Hall–Kier alpha value is -1.85. The number of esters is 1. The van der Waals surface area contributed by atoms with Crippen LogP contribution < -0.4 is 10.6 Å². The Balaban J connectivity index is 2.21. The lowest BCUT2D eigenvalue weighted by Gasteiger charge is -2.12. The summed E-state index contributed by atoms with van der Waals surface area (Å²) >= 11 is 0. The SMILES string of the molecule is CC(C)=CC(=O)OCC(=O)NC(=O)NC1CCCC1. The number of imide groups is 1. The summed E-state index contributed by atoms with van der Waals surface area (Å²) in [6.07, 6.45) is 5.36. The van der Waals surface area contributed by atoms with Crippen molar-refractivity contribution in [2.75, 3.05) is 6.61 Å². The maximum Gasteiger partial charge on any atom is 0.331 e. The summed E-state index contributed by atoms with van der Waals surface area (Å²) in [7, 11) is 0. The zero-order valence-electron chi connectivity index (χ0n) is 11.3. The predicted octanol–water partition coefficient (Wildman–Crippen LogP) is 1.26. The van der Waals surface area contributed by atoms with E-state index in [1.807, 2.05) is 0 Å². The summed E-state index contributed by atoms with van der Waals surface area (Å²) in [4.78, 5) is 33.9. The highest BCUT2D eigenvalue weighted by molar-refractivity contribution is 5.96. The third-order valence-electron chi connectivity index (χ3n) is 2.70. The summed E-state index contributed by atoms with van der Waals surface area (Å²) in [5.41, 5.74) is 0.782. The van der Waals surface area contributed by atoms with Gasteiger partial charge in [0.1, 0.15) is 0 Å². The number of hydrogen-bond acceptors (Lipinski definition) is 4. The number of ether oxygens (including phenoxy) is 1. The van der Waals surface area contributed by atoms with Gasteiger partial charge in [-0.25, -0.2) is 9.59 Å². The van der Waals surface area contributed by atoms with Crippen molar-refractivity contribution in [1.82, 2.24) is 10.6 Å². The maximum atomic E-state index is 11.4. The molecule has 0 radical (unpaired) electrons. The first-order valence-corrected chi connectivity index (χ1v) is 6.39. The van der Waals surface area contributed by atoms with E-state index in [9.17, 15) is 14.4 Å². The third kappa shape index (κ3) is 6.59. The van der Waals surface area contributed by atoms with Gasteiger partial charge in [0, 0.05) is 12.1 Å². The van der Waals surface area contributed by atoms with Gasteiger partial charge < -0.3 is 10.1 Å². The molecule has 0 saturated heterocycles. The van der Waals surface area contributed by atoms with Gasteiger partial charge in [-0.3, -0.25) is 10.1 Å². The van der Waals surface area contributed by atoms with Crippen LogP contribution in [-0.2, 0) is 14.3 Å². The summed E-state index contributed by atoms with van der Waals surface area (Å²) in [6, 6.07) is -0.392. The van der Waals surface area contributed by atoms with Crippen LogP contribution in [0.5, 0.6) is 0 Å². The first-order valence-electron chi connectivity index (χ1n) is 6.39. The van der Waals surface area contributed by atoms with E-state index in [2.05, 4.69) is 15.4 Å². The smallest absolute Gasteiger partial charge is 0.331 e. The van der Waals surface area contributed by atoms with E-state index < -0.39 is 24.5 Å². The normalized spacial score (nSPS) is 14.6. The molecule has 6 nitrogen and oxygen atoms in total. The molecule has 1 aliphatic rings. The molecule has 0 aromatic rings. The molecule has 0 aromatic heterocycles. The molecule has 0 heterocycles. The van der Waals surface area contributed by atoms with Crippen molar-refractivity contribution in [3.63, 3.8) is 0 Å². The molecule has 1 saturated carbocycles. The molecular formula is C13H20N2O4. The number of allylic oxidation sites excluding steroid dienone is 1. The summed E-state index contributed by atoms with van der Waals surface area (Å²) < 4.78 is 4.68. The van der Waals surface area contributed by atoms with Gasteiger partial charge in [0.25, 0.3) is 5.91 Å². The van der Waals surface area contributed by atoms with Gasteiger partial charge >= 0.3 is 12.0 Å². The van der Waals surface area contributed by atoms with Crippen molar-refractivity contribution in [2.45, 2.75) is 45.6 Å². The van der Waals surface area contributed by atoms with Crippen LogP contribution in [0.2, 0.25) is 0 Å². The fraction of sp³-hybridized carbons (Fsp3) is 0.615. The quantitative estimate of drug-likeness (QED) is 0.594. The maximum absolute atomic E-state index is 11.4. The molecule has 0 unspecified atom stereocenters. The van der Waals surface area contributed by atoms with E-state index in [0.717, 1.165) is 31.3 Å². The highest BCUT2D eigenvalue weighted by atomic mass is 16.5. The first kappa shape index (κ1) is 15.2. The van der Waals surface area contributed by atoms with Crippen LogP contribution in [0.4, 0.5) is 4.79 Å². The summed E-state index contributed by atoms with van der Waals surface area (Å²) in [5.74, 6) is -1.22.